The van der Waals surface area contributed by atoms with Crippen molar-refractivity contribution in [3.63, 3.8) is 0 Å². The number of carbonyl (C=O) groups is 1. The van der Waals surface area contributed by atoms with Crippen LogP contribution in [0, 0.1) is 17.2 Å². The van der Waals surface area contributed by atoms with Crippen molar-refractivity contribution in [2.75, 3.05) is 6.54 Å². The van der Waals surface area contributed by atoms with E-state index < -0.39 is 0 Å². The van der Waals surface area contributed by atoms with Gasteiger partial charge in [-0.25, -0.2) is 0 Å². The molecule has 0 saturated heterocycles. The summed E-state index contributed by atoms with van der Waals surface area (Å²) < 4.78 is 0. The van der Waals surface area contributed by atoms with Crippen molar-refractivity contribution < 1.29 is 4.79 Å². The van der Waals surface area contributed by atoms with E-state index in [1.807, 2.05) is 32.0 Å². The van der Waals surface area contributed by atoms with Crippen LogP contribution in [0.3, 0.4) is 0 Å². The lowest BCUT2D eigenvalue weighted by Gasteiger charge is -2.04. The molecular weight excluding hydrogens is 212 g/mol. The molecule has 0 aliphatic rings. The van der Waals surface area contributed by atoms with Crippen LogP contribution in [-0.2, 0) is 4.79 Å². The molecule has 0 heterocycles. The van der Waals surface area contributed by atoms with Crippen LogP contribution in [0.5, 0.6) is 0 Å². The third kappa shape index (κ3) is 4.98. The Hall–Kier alpha value is -2.08. The van der Waals surface area contributed by atoms with E-state index in [0.717, 1.165) is 5.56 Å². The van der Waals surface area contributed by atoms with Crippen LogP contribution in [0.25, 0.3) is 6.08 Å². The van der Waals surface area contributed by atoms with Crippen LogP contribution in [0.15, 0.2) is 30.3 Å². The lowest BCUT2D eigenvalue weighted by atomic mass is 10.1. The summed E-state index contributed by atoms with van der Waals surface area (Å²) in [5, 5.41) is 11.4. The van der Waals surface area contributed by atoms with Gasteiger partial charge in [0, 0.05) is 12.6 Å². The first-order valence-corrected chi connectivity index (χ1v) is 5.58. The van der Waals surface area contributed by atoms with Gasteiger partial charge in [0.15, 0.2) is 0 Å². The summed E-state index contributed by atoms with van der Waals surface area (Å²) in [5.74, 6) is 0.352. The van der Waals surface area contributed by atoms with Crippen molar-refractivity contribution >= 4 is 12.0 Å². The average molecular weight is 228 g/mol. The third-order valence-corrected chi connectivity index (χ3v) is 2.15. The molecule has 0 aliphatic carbocycles. The average Bonchev–Trinajstić information content (AvgIpc) is 2.34. The first-order chi connectivity index (χ1) is 8.11. The molecule has 0 aromatic heterocycles. The van der Waals surface area contributed by atoms with Crippen molar-refractivity contribution in [3.8, 4) is 6.07 Å². The second kappa shape index (κ2) is 6.49. The van der Waals surface area contributed by atoms with Gasteiger partial charge < -0.3 is 5.32 Å². The number of hydrogen-bond donors (Lipinski definition) is 1. The Morgan fingerprint density at radius 3 is 2.59 bits per heavy atom. The molecule has 0 fully saturated rings. The zero-order valence-corrected chi connectivity index (χ0v) is 10.1. The molecule has 88 valence electrons. The molecule has 1 rings (SSSR count). The summed E-state index contributed by atoms with van der Waals surface area (Å²) in [6.07, 6.45) is 3.24. The summed E-state index contributed by atoms with van der Waals surface area (Å²) in [6, 6.07) is 9.12. The number of rotatable bonds is 4. The molecule has 1 aromatic rings. The van der Waals surface area contributed by atoms with E-state index in [9.17, 15) is 4.79 Å². The SMILES string of the molecule is CC(C)CNC(=O)C=Cc1ccc(C#N)cc1. The summed E-state index contributed by atoms with van der Waals surface area (Å²) in [5.41, 5.74) is 1.52. The monoisotopic (exact) mass is 228 g/mol. The molecule has 3 nitrogen and oxygen atoms in total. The zero-order chi connectivity index (χ0) is 12.7. The lowest BCUT2D eigenvalue weighted by Crippen LogP contribution is -2.25. The molecule has 17 heavy (non-hydrogen) atoms. The highest BCUT2D eigenvalue weighted by molar-refractivity contribution is 5.91. The highest BCUT2D eigenvalue weighted by Gasteiger charge is 1.97. The fraction of sp³-hybridized carbons (Fsp3) is 0.286. The van der Waals surface area contributed by atoms with E-state index in [4.69, 9.17) is 5.26 Å². The van der Waals surface area contributed by atoms with Gasteiger partial charge in [-0.15, -0.1) is 0 Å². The number of nitriles is 1. The first kappa shape index (κ1) is 13.0. The van der Waals surface area contributed by atoms with Crippen LogP contribution in [0.1, 0.15) is 25.0 Å². The topological polar surface area (TPSA) is 52.9 Å². The molecule has 0 atom stereocenters. The maximum atomic E-state index is 11.4. The minimum Gasteiger partial charge on any atom is -0.352 e. The standard InChI is InChI=1S/C14H16N2O/c1-11(2)10-16-14(17)8-7-12-3-5-13(9-15)6-4-12/h3-8,11H,10H2,1-2H3,(H,16,17). The van der Waals surface area contributed by atoms with E-state index in [0.29, 0.717) is 18.0 Å². The van der Waals surface area contributed by atoms with Crippen LogP contribution in [0.4, 0.5) is 0 Å². The fourth-order valence-corrected chi connectivity index (χ4v) is 1.20. The van der Waals surface area contributed by atoms with Gasteiger partial charge in [0.1, 0.15) is 0 Å². The second-order valence-electron chi connectivity index (χ2n) is 4.21. The van der Waals surface area contributed by atoms with Gasteiger partial charge in [-0.3, -0.25) is 4.79 Å². The fourth-order valence-electron chi connectivity index (χ4n) is 1.20. The molecular formula is C14H16N2O. The lowest BCUT2D eigenvalue weighted by molar-refractivity contribution is -0.116. The van der Waals surface area contributed by atoms with Gasteiger partial charge in [0.05, 0.1) is 11.6 Å². The van der Waals surface area contributed by atoms with Gasteiger partial charge in [-0.2, -0.15) is 5.26 Å². The molecule has 1 amide bonds. The minimum atomic E-state index is -0.0944. The van der Waals surface area contributed by atoms with E-state index in [-0.39, 0.29) is 5.91 Å². The molecule has 0 spiro atoms. The normalized spacial score (nSPS) is 10.5. The minimum absolute atomic E-state index is 0.0944. The Morgan fingerprint density at radius 2 is 2.06 bits per heavy atom. The molecule has 0 bridgehead atoms. The van der Waals surface area contributed by atoms with Crippen molar-refractivity contribution in [2.45, 2.75) is 13.8 Å². The molecule has 0 aliphatic heterocycles. The second-order valence-corrected chi connectivity index (χ2v) is 4.21. The van der Waals surface area contributed by atoms with Crippen molar-refractivity contribution in [1.82, 2.24) is 5.32 Å². The molecule has 0 unspecified atom stereocenters. The van der Waals surface area contributed by atoms with Crippen molar-refractivity contribution in [2.24, 2.45) is 5.92 Å². The highest BCUT2D eigenvalue weighted by Crippen LogP contribution is 2.04. The van der Waals surface area contributed by atoms with Crippen LogP contribution >= 0.6 is 0 Å². The highest BCUT2D eigenvalue weighted by atomic mass is 16.1. The summed E-state index contributed by atoms with van der Waals surface area (Å²) in [7, 11) is 0. The van der Waals surface area contributed by atoms with E-state index in [1.165, 1.54) is 6.08 Å². The molecule has 0 saturated carbocycles. The van der Waals surface area contributed by atoms with E-state index in [2.05, 4.69) is 5.32 Å². The molecule has 1 N–H and O–H groups in total. The Balaban J connectivity index is 2.52. The number of carbonyl (C=O) groups excluding carboxylic acids is 1. The number of hydrogen-bond acceptors (Lipinski definition) is 2. The number of nitrogens with zero attached hydrogens (tertiary/aromatic N) is 1. The Morgan fingerprint density at radius 1 is 1.41 bits per heavy atom. The van der Waals surface area contributed by atoms with Gasteiger partial charge in [0.25, 0.3) is 0 Å². The Bertz CT molecular complexity index is 438. The quantitative estimate of drug-likeness (QED) is 0.804. The largest absolute Gasteiger partial charge is 0.352 e. The predicted octanol–water partition coefficient (Wildman–Crippen LogP) is 2.34. The summed E-state index contributed by atoms with van der Waals surface area (Å²) in [6.45, 7) is 4.77. The third-order valence-electron chi connectivity index (χ3n) is 2.15. The van der Waals surface area contributed by atoms with Crippen LogP contribution in [0.2, 0.25) is 0 Å². The van der Waals surface area contributed by atoms with Crippen LogP contribution in [-0.4, -0.2) is 12.5 Å². The first-order valence-electron chi connectivity index (χ1n) is 5.58. The van der Waals surface area contributed by atoms with Crippen molar-refractivity contribution in [3.05, 3.63) is 41.5 Å². The van der Waals surface area contributed by atoms with Gasteiger partial charge in [0.2, 0.25) is 5.91 Å². The smallest absolute Gasteiger partial charge is 0.244 e. The van der Waals surface area contributed by atoms with Crippen molar-refractivity contribution in [1.29, 1.82) is 5.26 Å². The summed E-state index contributed by atoms with van der Waals surface area (Å²) in [4.78, 5) is 11.4. The number of benzene rings is 1. The number of nitrogens with one attached hydrogen (secondary N) is 1. The van der Waals surface area contributed by atoms with Gasteiger partial charge in [-0.1, -0.05) is 26.0 Å². The van der Waals surface area contributed by atoms with E-state index >= 15 is 0 Å². The molecule has 1 aromatic carbocycles. The maximum Gasteiger partial charge on any atom is 0.244 e. The molecule has 3 heteroatoms. The summed E-state index contributed by atoms with van der Waals surface area (Å²) >= 11 is 0. The maximum absolute atomic E-state index is 11.4. The van der Waals surface area contributed by atoms with Gasteiger partial charge in [-0.05, 0) is 29.7 Å². The van der Waals surface area contributed by atoms with Crippen LogP contribution < -0.4 is 5.32 Å². The van der Waals surface area contributed by atoms with Gasteiger partial charge >= 0.3 is 0 Å². The van der Waals surface area contributed by atoms with E-state index in [1.54, 1.807) is 18.2 Å². The number of amides is 1. The predicted molar refractivity (Wildman–Crippen MR) is 68.0 cm³/mol. The Labute approximate surface area is 102 Å². The zero-order valence-electron chi connectivity index (χ0n) is 10.1. The molecule has 0 radical (unpaired) electrons. The Kier molecular flexibility index (Phi) is 4.96.